The molecule has 4 aliphatic rings. The largest absolute Gasteiger partial charge is 0.319 e. The summed E-state index contributed by atoms with van der Waals surface area (Å²) in [6.07, 6.45) is 0. The Morgan fingerprint density at radius 3 is 1.36 bits per heavy atom. The molecule has 0 unspecified atom stereocenters. The lowest BCUT2D eigenvalue weighted by Gasteiger charge is -2.51. The second-order valence-electron chi connectivity index (χ2n) is 20.5. The van der Waals surface area contributed by atoms with E-state index in [1.807, 2.05) is 24.3 Å². The minimum atomic E-state index is -0.138. The average Bonchev–Trinajstić information content (AvgIpc) is 4.16. The van der Waals surface area contributed by atoms with Gasteiger partial charge in [-0.2, -0.15) is 5.26 Å². The molecular formula is C68H39B2N7. The molecule has 77 heavy (non-hydrogen) atoms. The van der Waals surface area contributed by atoms with Crippen LogP contribution in [0.1, 0.15) is 5.56 Å². The molecule has 0 radical (unpaired) electrons. The van der Waals surface area contributed by atoms with Crippen LogP contribution in [0.3, 0.4) is 0 Å². The standard InChI is InChI=1S/C68H39B2N7/c1-72-55-29-17-26-50-48-24-9-13-31-57(48)76(67(50)55)46-35-37-54-61(39-46)77-60-38-45(75-56-30-12-8-23-47(56)49-25-16-18-42(41-71)66(49)75)34-36-53(60)69-51-27-10-14-32-58(51)73(43-19-4-2-5-20-43)62-40-63-65(68(77)64(62)69)70(54)52-28-11-15-33-59(52)74(63)44-21-6-3-7-22-44/h2-40H. The van der Waals surface area contributed by atoms with Gasteiger partial charge in [0, 0.05) is 78.7 Å². The monoisotopic (exact) mass is 975 g/mol. The molecule has 2 aromatic heterocycles. The van der Waals surface area contributed by atoms with E-state index in [9.17, 15) is 5.26 Å². The minimum Gasteiger partial charge on any atom is -0.319 e. The first kappa shape index (κ1) is 41.9. The lowest BCUT2D eigenvalue weighted by atomic mass is 9.28. The lowest BCUT2D eigenvalue weighted by molar-refractivity contribution is 1.16. The molecule has 0 N–H and O–H groups in total. The van der Waals surface area contributed by atoms with E-state index < -0.39 is 0 Å². The molecule has 0 fully saturated rings. The fraction of sp³-hybridized carbons (Fsp3) is 0. The first-order chi connectivity index (χ1) is 38.2. The number of rotatable bonds is 4. The van der Waals surface area contributed by atoms with E-state index in [4.69, 9.17) is 6.57 Å². The SMILES string of the molecule is [C-]#[N+]c1cccc2c3ccccc3n(-c3ccc4c(c3)N3c5cc(-n6c7ccccc7c7cccc(C#N)c76)ccc5B5c6ccccc6N(c6ccccc6)c6cc7c(c3c65)B4c3ccccc3N7c3ccccc3)c12. The molecule has 0 bridgehead atoms. The molecule has 17 rings (SSSR count). The van der Waals surface area contributed by atoms with Gasteiger partial charge in [0.15, 0.2) is 0 Å². The van der Waals surface area contributed by atoms with Crippen LogP contribution >= 0.6 is 0 Å². The topological polar surface area (TPSA) is 47.7 Å². The third-order valence-electron chi connectivity index (χ3n) is 16.9. The molecule has 352 valence electrons. The highest BCUT2D eigenvalue weighted by molar-refractivity contribution is 7.04. The molecule has 0 saturated heterocycles. The Balaban J connectivity index is 1.05. The highest BCUT2D eigenvalue weighted by Gasteiger charge is 2.52. The van der Waals surface area contributed by atoms with Crippen molar-refractivity contribution in [2.75, 3.05) is 14.7 Å². The molecule has 6 heterocycles. The Bertz CT molecular complexity index is 4530. The maximum Gasteiger partial charge on any atom is 0.252 e. The van der Waals surface area contributed by atoms with Crippen LogP contribution in [0.4, 0.5) is 56.9 Å². The van der Waals surface area contributed by atoms with Crippen molar-refractivity contribution in [3.63, 3.8) is 0 Å². The molecule has 7 nitrogen and oxygen atoms in total. The van der Waals surface area contributed by atoms with E-state index in [1.165, 1.54) is 38.5 Å². The summed E-state index contributed by atoms with van der Waals surface area (Å²) >= 11 is 0. The predicted octanol–water partition coefficient (Wildman–Crippen LogP) is 13.0. The van der Waals surface area contributed by atoms with Gasteiger partial charge in [-0.15, -0.1) is 0 Å². The summed E-state index contributed by atoms with van der Waals surface area (Å²) in [5, 5.41) is 15.1. The van der Waals surface area contributed by atoms with E-state index >= 15 is 0 Å². The second kappa shape index (κ2) is 15.5. The first-order valence-corrected chi connectivity index (χ1v) is 26.2. The van der Waals surface area contributed by atoms with Gasteiger partial charge in [0.25, 0.3) is 13.4 Å². The van der Waals surface area contributed by atoms with Crippen molar-refractivity contribution in [2.45, 2.75) is 0 Å². The Morgan fingerprint density at radius 1 is 0.364 bits per heavy atom. The molecule has 4 aliphatic heterocycles. The molecule has 0 amide bonds. The molecule has 0 spiro atoms. The Morgan fingerprint density at radius 2 is 0.818 bits per heavy atom. The predicted molar refractivity (Wildman–Crippen MR) is 319 cm³/mol. The van der Waals surface area contributed by atoms with Crippen LogP contribution in [0.15, 0.2) is 237 Å². The highest BCUT2D eigenvalue weighted by atomic mass is 15.2. The highest BCUT2D eigenvalue weighted by Crippen LogP contribution is 2.51. The van der Waals surface area contributed by atoms with Crippen LogP contribution in [0.5, 0.6) is 0 Å². The quantitative estimate of drug-likeness (QED) is 0.130. The summed E-state index contributed by atoms with van der Waals surface area (Å²) in [5.74, 6) is 0. The maximum atomic E-state index is 10.8. The molecule has 0 saturated carbocycles. The lowest BCUT2D eigenvalue weighted by Crippen LogP contribution is -2.68. The van der Waals surface area contributed by atoms with E-state index in [1.54, 1.807) is 0 Å². The van der Waals surface area contributed by atoms with Gasteiger partial charge in [-0.05, 0) is 123 Å². The zero-order valence-electron chi connectivity index (χ0n) is 41.3. The summed E-state index contributed by atoms with van der Waals surface area (Å²) in [6.45, 7) is 8.19. The number of hydrogen-bond acceptors (Lipinski definition) is 4. The number of para-hydroxylation sites is 8. The molecule has 11 aromatic carbocycles. The number of fused-ring (bicyclic) bond motifs is 16. The summed E-state index contributed by atoms with van der Waals surface area (Å²) in [5.41, 5.74) is 24.5. The van der Waals surface area contributed by atoms with E-state index in [-0.39, 0.29) is 13.4 Å². The molecular weight excluding hydrogens is 936 g/mol. The summed E-state index contributed by atoms with van der Waals surface area (Å²) < 4.78 is 4.61. The second-order valence-corrected chi connectivity index (χ2v) is 20.5. The van der Waals surface area contributed by atoms with Crippen LogP contribution in [0, 0.1) is 17.9 Å². The molecule has 13 aromatic rings. The normalized spacial score (nSPS) is 13.3. The summed E-state index contributed by atoms with van der Waals surface area (Å²) in [6, 6.07) is 88.0. The Hall–Kier alpha value is -10.5. The Labute approximate surface area is 444 Å². The van der Waals surface area contributed by atoms with Crippen LogP contribution in [-0.2, 0) is 0 Å². The smallest absolute Gasteiger partial charge is 0.252 e. The van der Waals surface area contributed by atoms with Gasteiger partial charge in [-0.1, -0.05) is 152 Å². The zero-order chi connectivity index (χ0) is 50.6. The van der Waals surface area contributed by atoms with Crippen molar-refractivity contribution in [3.8, 4) is 17.4 Å². The van der Waals surface area contributed by atoms with Gasteiger partial charge in [0.2, 0.25) is 5.69 Å². The number of aromatic nitrogens is 2. The fourth-order valence-corrected chi connectivity index (χ4v) is 14.0. The van der Waals surface area contributed by atoms with Crippen molar-refractivity contribution in [2.24, 2.45) is 0 Å². The summed E-state index contributed by atoms with van der Waals surface area (Å²) in [7, 11) is 0. The molecule has 0 atom stereocenters. The third-order valence-corrected chi connectivity index (χ3v) is 16.9. The first-order valence-electron chi connectivity index (χ1n) is 26.2. The number of benzene rings is 11. The maximum absolute atomic E-state index is 10.8. The average molecular weight is 976 g/mol. The number of nitrogens with zero attached hydrogens (tertiary/aromatic N) is 7. The number of anilines is 9. The van der Waals surface area contributed by atoms with Crippen LogP contribution in [0.2, 0.25) is 0 Å². The number of nitriles is 1. The van der Waals surface area contributed by atoms with Crippen LogP contribution < -0.4 is 47.5 Å². The third kappa shape index (κ3) is 5.49. The van der Waals surface area contributed by atoms with Gasteiger partial charge in [-0.25, -0.2) is 4.85 Å². The van der Waals surface area contributed by atoms with Crippen LogP contribution in [-0.4, -0.2) is 22.6 Å². The van der Waals surface area contributed by atoms with E-state index in [0.29, 0.717) is 11.3 Å². The fourth-order valence-electron chi connectivity index (χ4n) is 14.0. The van der Waals surface area contributed by atoms with Gasteiger partial charge >= 0.3 is 0 Å². The Kier molecular flexibility index (Phi) is 8.46. The molecule has 9 heteroatoms. The van der Waals surface area contributed by atoms with Gasteiger partial charge in [0.1, 0.15) is 6.07 Å². The van der Waals surface area contributed by atoms with Crippen molar-refractivity contribution >= 4 is 147 Å². The van der Waals surface area contributed by atoms with Crippen LogP contribution in [0.25, 0.3) is 59.8 Å². The molecule has 0 aliphatic carbocycles. The van der Waals surface area contributed by atoms with Crippen molar-refractivity contribution in [3.05, 3.63) is 254 Å². The van der Waals surface area contributed by atoms with Gasteiger partial charge in [-0.3, -0.25) is 0 Å². The minimum absolute atomic E-state index is 0.137. The van der Waals surface area contributed by atoms with Gasteiger partial charge < -0.3 is 23.8 Å². The van der Waals surface area contributed by atoms with Crippen molar-refractivity contribution in [1.29, 1.82) is 5.26 Å². The van der Waals surface area contributed by atoms with E-state index in [2.05, 4.69) is 247 Å². The van der Waals surface area contributed by atoms with Gasteiger partial charge in [0.05, 0.1) is 34.2 Å². The number of hydrogen-bond donors (Lipinski definition) is 0. The van der Waals surface area contributed by atoms with Crippen molar-refractivity contribution < 1.29 is 0 Å². The van der Waals surface area contributed by atoms with E-state index in [0.717, 1.165) is 100 Å². The summed E-state index contributed by atoms with van der Waals surface area (Å²) in [4.78, 5) is 11.7. The zero-order valence-corrected chi connectivity index (χ0v) is 41.3. The van der Waals surface area contributed by atoms with Crippen molar-refractivity contribution in [1.82, 2.24) is 9.13 Å².